The molecular formula is C15H14N6O2. The predicted molar refractivity (Wildman–Crippen MR) is 84.8 cm³/mol. The molecule has 0 fully saturated rings. The van der Waals surface area contributed by atoms with Crippen LogP contribution in [-0.2, 0) is 0 Å². The molecule has 1 aromatic carbocycles. The van der Waals surface area contributed by atoms with Crippen LogP contribution < -0.4 is 15.4 Å². The van der Waals surface area contributed by atoms with Crippen molar-refractivity contribution in [1.82, 2.24) is 19.7 Å². The lowest BCUT2D eigenvalue weighted by atomic mass is 10.3. The van der Waals surface area contributed by atoms with Gasteiger partial charge in [0.2, 0.25) is 0 Å². The Labute approximate surface area is 132 Å². The van der Waals surface area contributed by atoms with E-state index in [4.69, 9.17) is 4.74 Å². The summed E-state index contributed by atoms with van der Waals surface area (Å²) in [6.45, 7) is 0. The molecular weight excluding hydrogens is 296 g/mol. The van der Waals surface area contributed by atoms with Crippen molar-refractivity contribution in [2.45, 2.75) is 0 Å². The molecule has 2 N–H and O–H groups in total. The highest BCUT2D eigenvalue weighted by atomic mass is 16.5. The molecule has 2 aromatic heterocycles. The number of benzene rings is 1. The molecule has 0 radical (unpaired) electrons. The minimum Gasteiger partial charge on any atom is -0.497 e. The van der Waals surface area contributed by atoms with E-state index in [1.54, 1.807) is 60.6 Å². The minimum atomic E-state index is -0.414. The highest BCUT2D eigenvalue weighted by Gasteiger charge is 2.06. The lowest BCUT2D eigenvalue weighted by Gasteiger charge is -2.09. The summed E-state index contributed by atoms with van der Waals surface area (Å²) in [4.78, 5) is 20.1. The first-order valence-corrected chi connectivity index (χ1v) is 6.79. The van der Waals surface area contributed by atoms with Crippen molar-refractivity contribution >= 4 is 17.5 Å². The van der Waals surface area contributed by atoms with E-state index in [1.807, 2.05) is 0 Å². The van der Waals surface area contributed by atoms with Crippen LogP contribution in [0.5, 0.6) is 5.75 Å². The zero-order valence-electron chi connectivity index (χ0n) is 12.3. The zero-order valence-corrected chi connectivity index (χ0v) is 12.3. The predicted octanol–water partition coefficient (Wildman–Crippen LogP) is 2.31. The highest BCUT2D eigenvalue weighted by Crippen LogP contribution is 2.17. The van der Waals surface area contributed by atoms with Crippen molar-refractivity contribution in [3.8, 4) is 11.6 Å². The summed E-state index contributed by atoms with van der Waals surface area (Å²) >= 11 is 0. The fraction of sp³-hybridized carbons (Fsp3) is 0.0667. The first-order valence-electron chi connectivity index (χ1n) is 6.79. The third-order valence-corrected chi connectivity index (χ3v) is 2.96. The van der Waals surface area contributed by atoms with E-state index in [2.05, 4.69) is 25.7 Å². The Morgan fingerprint density at radius 3 is 2.87 bits per heavy atom. The largest absolute Gasteiger partial charge is 0.497 e. The number of nitrogens with one attached hydrogen (secondary N) is 2. The van der Waals surface area contributed by atoms with Crippen LogP contribution in [0.2, 0.25) is 0 Å². The molecule has 3 aromatic rings. The number of rotatable bonds is 4. The molecule has 0 aliphatic heterocycles. The lowest BCUT2D eigenvalue weighted by molar-refractivity contribution is 0.262. The Morgan fingerprint density at radius 2 is 2.09 bits per heavy atom. The first-order chi connectivity index (χ1) is 11.2. The molecule has 0 spiro atoms. The van der Waals surface area contributed by atoms with Crippen LogP contribution in [0.15, 0.2) is 55.1 Å². The van der Waals surface area contributed by atoms with Gasteiger partial charge in [-0.2, -0.15) is 5.10 Å². The minimum absolute atomic E-state index is 0.367. The molecule has 0 aliphatic rings. The van der Waals surface area contributed by atoms with E-state index in [9.17, 15) is 4.79 Å². The van der Waals surface area contributed by atoms with Crippen LogP contribution >= 0.6 is 0 Å². The van der Waals surface area contributed by atoms with Crippen molar-refractivity contribution in [2.24, 2.45) is 0 Å². The zero-order chi connectivity index (χ0) is 16.1. The van der Waals surface area contributed by atoms with Crippen LogP contribution in [0.25, 0.3) is 5.82 Å². The summed E-state index contributed by atoms with van der Waals surface area (Å²) in [7, 11) is 1.57. The maximum atomic E-state index is 12.0. The van der Waals surface area contributed by atoms with Gasteiger partial charge in [-0.15, -0.1) is 0 Å². The van der Waals surface area contributed by atoms with E-state index < -0.39 is 6.03 Å². The summed E-state index contributed by atoms with van der Waals surface area (Å²) in [6.07, 6.45) is 4.76. The van der Waals surface area contributed by atoms with Crippen LogP contribution in [-0.4, -0.2) is 32.9 Å². The van der Waals surface area contributed by atoms with Crippen LogP contribution in [0.4, 0.5) is 16.3 Å². The highest BCUT2D eigenvalue weighted by molar-refractivity contribution is 5.99. The molecule has 0 atom stereocenters. The Hall–Kier alpha value is -3.42. The van der Waals surface area contributed by atoms with Crippen molar-refractivity contribution < 1.29 is 9.53 Å². The Balaban J connectivity index is 1.69. The molecule has 0 saturated heterocycles. The van der Waals surface area contributed by atoms with Gasteiger partial charge in [0.1, 0.15) is 17.9 Å². The Kier molecular flexibility index (Phi) is 4.14. The van der Waals surface area contributed by atoms with Gasteiger partial charge in [-0.05, 0) is 18.2 Å². The summed E-state index contributed by atoms with van der Waals surface area (Å²) in [5.41, 5.74) is 0.614. The van der Waals surface area contributed by atoms with Crippen LogP contribution in [0.1, 0.15) is 0 Å². The Morgan fingerprint density at radius 1 is 1.17 bits per heavy atom. The standard InChI is InChI=1S/C15H14N6O2/c1-23-12-5-2-4-11(8-12)19-15(22)20-13-9-14(17-10-16-13)21-7-3-6-18-21/h2-10H,1H3,(H2,16,17,19,20,22). The van der Waals surface area contributed by atoms with Crippen molar-refractivity contribution in [3.63, 3.8) is 0 Å². The number of urea groups is 1. The first kappa shape index (κ1) is 14.5. The van der Waals surface area contributed by atoms with Crippen molar-refractivity contribution in [3.05, 3.63) is 55.1 Å². The van der Waals surface area contributed by atoms with Gasteiger partial charge >= 0.3 is 6.03 Å². The topological polar surface area (TPSA) is 94.0 Å². The molecule has 23 heavy (non-hydrogen) atoms. The maximum Gasteiger partial charge on any atom is 0.324 e. The summed E-state index contributed by atoms with van der Waals surface area (Å²) < 4.78 is 6.69. The molecule has 0 aliphatic carbocycles. The summed E-state index contributed by atoms with van der Waals surface area (Å²) in [6, 6.07) is 10.1. The van der Waals surface area contributed by atoms with Crippen LogP contribution in [0.3, 0.4) is 0 Å². The fourth-order valence-corrected chi connectivity index (χ4v) is 1.92. The smallest absolute Gasteiger partial charge is 0.324 e. The Bertz CT molecular complexity index is 803. The van der Waals surface area contributed by atoms with Gasteiger partial charge in [0.05, 0.1) is 7.11 Å². The molecule has 3 rings (SSSR count). The molecule has 116 valence electrons. The number of carbonyl (C=O) groups is 1. The lowest BCUT2D eigenvalue weighted by Crippen LogP contribution is -2.20. The molecule has 8 heteroatoms. The van der Waals surface area contributed by atoms with Gasteiger partial charge in [0.15, 0.2) is 5.82 Å². The van der Waals surface area contributed by atoms with E-state index in [1.165, 1.54) is 6.33 Å². The van der Waals surface area contributed by atoms with Gasteiger partial charge in [-0.25, -0.2) is 19.4 Å². The van der Waals surface area contributed by atoms with Crippen molar-refractivity contribution in [2.75, 3.05) is 17.7 Å². The molecule has 2 amide bonds. The second kappa shape index (κ2) is 6.56. The summed E-state index contributed by atoms with van der Waals surface area (Å²) in [5.74, 6) is 1.58. The summed E-state index contributed by atoms with van der Waals surface area (Å²) in [5, 5.41) is 9.43. The second-order valence-electron chi connectivity index (χ2n) is 4.52. The van der Waals surface area contributed by atoms with E-state index in [-0.39, 0.29) is 0 Å². The number of amides is 2. The number of anilines is 2. The van der Waals surface area contributed by atoms with Gasteiger partial charge in [0, 0.05) is 30.2 Å². The average Bonchev–Trinajstić information content (AvgIpc) is 3.09. The van der Waals surface area contributed by atoms with E-state index in [0.29, 0.717) is 23.1 Å². The number of carbonyl (C=O) groups excluding carboxylic acids is 1. The molecule has 8 nitrogen and oxygen atoms in total. The number of nitrogens with zero attached hydrogens (tertiary/aromatic N) is 4. The number of hydrogen-bond donors (Lipinski definition) is 2. The molecule has 0 saturated carbocycles. The third kappa shape index (κ3) is 3.62. The van der Waals surface area contributed by atoms with E-state index in [0.717, 1.165) is 0 Å². The number of hydrogen-bond acceptors (Lipinski definition) is 5. The number of methoxy groups -OCH3 is 1. The monoisotopic (exact) mass is 310 g/mol. The van der Waals surface area contributed by atoms with Crippen LogP contribution in [0, 0.1) is 0 Å². The quantitative estimate of drug-likeness (QED) is 0.771. The van der Waals surface area contributed by atoms with Gasteiger partial charge in [-0.1, -0.05) is 6.07 Å². The third-order valence-electron chi connectivity index (χ3n) is 2.96. The number of ether oxygens (including phenoxy) is 1. The van der Waals surface area contributed by atoms with Gasteiger partial charge < -0.3 is 10.1 Å². The maximum absolute atomic E-state index is 12.0. The second-order valence-corrected chi connectivity index (χ2v) is 4.52. The molecule has 2 heterocycles. The van der Waals surface area contributed by atoms with Crippen molar-refractivity contribution in [1.29, 1.82) is 0 Å². The van der Waals surface area contributed by atoms with E-state index >= 15 is 0 Å². The SMILES string of the molecule is COc1cccc(NC(=O)Nc2cc(-n3cccn3)ncn2)c1. The van der Waals surface area contributed by atoms with Gasteiger partial charge in [0.25, 0.3) is 0 Å². The average molecular weight is 310 g/mol. The molecule has 0 bridgehead atoms. The number of aromatic nitrogens is 4. The van der Waals surface area contributed by atoms with Gasteiger partial charge in [-0.3, -0.25) is 5.32 Å². The molecule has 0 unspecified atom stereocenters. The fourth-order valence-electron chi connectivity index (χ4n) is 1.92. The normalized spacial score (nSPS) is 10.1.